The molecule has 1 saturated heterocycles. The van der Waals surface area contributed by atoms with Gasteiger partial charge in [-0.2, -0.15) is 0 Å². The zero-order valence-corrected chi connectivity index (χ0v) is 13.5. The van der Waals surface area contributed by atoms with Gasteiger partial charge in [-0.3, -0.25) is 4.98 Å². The van der Waals surface area contributed by atoms with E-state index in [1.807, 2.05) is 18.3 Å². The number of nitrogens with zero attached hydrogens (tertiary/aromatic N) is 4. The highest BCUT2D eigenvalue weighted by Gasteiger charge is 2.41. The van der Waals surface area contributed by atoms with Gasteiger partial charge in [-0.1, -0.05) is 12.5 Å². The zero-order chi connectivity index (χ0) is 16.4. The van der Waals surface area contributed by atoms with Crippen LogP contribution < -0.4 is 4.90 Å². The minimum atomic E-state index is -0.395. The summed E-state index contributed by atoms with van der Waals surface area (Å²) in [6, 6.07) is 3.98. The smallest absolute Gasteiger partial charge is 0.225 e. The van der Waals surface area contributed by atoms with Gasteiger partial charge in [0.15, 0.2) is 5.82 Å². The Morgan fingerprint density at radius 2 is 2.04 bits per heavy atom. The molecule has 1 unspecified atom stereocenters. The number of halogens is 1. The second-order valence-corrected chi connectivity index (χ2v) is 6.67. The normalized spacial score (nSPS) is 26.4. The third-order valence-corrected chi connectivity index (χ3v) is 5.11. The van der Waals surface area contributed by atoms with Crippen LogP contribution in [0.4, 0.5) is 10.3 Å². The van der Waals surface area contributed by atoms with Gasteiger partial charge in [-0.15, -0.1) is 0 Å². The molecule has 1 aliphatic carbocycles. The Labute approximate surface area is 140 Å². The number of pyridine rings is 1. The highest BCUT2D eigenvalue weighted by Crippen LogP contribution is 2.39. The van der Waals surface area contributed by atoms with Crippen LogP contribution in [0.25, 0.3) is 0 Å². The van der Waals surface area contributed by atoms with Gasteiger partial charge >= 0.3 is 0 Å². The van der Waals surface area contributed by atoms with Crippen LogP contribution in [0.1, 0.15) is 24.8 Å². The van der Waals surface area contributed by atoms with Crippen molar-refractivity contribution in [1.82, 2.24) is 15.0 Å². The van der Waals surface area contributed by atoms with Crippen molar-refractivity contribution >= 4 is 5.95 Å². The van der Waals surface area contributed by atoms with E-state index in [2.05, 4.69) is 19.9 Å². The van der Waals surface area contributed by atoms with Crippen molar-refractivity contribution in [2.24, 2.45) is 11.8 Å². The Morgan fingerprint density at radius 1 is 1.17 bits per heavy atom. The standard InChI is InChI=1S/C18H21FN4O/c19-15-8-21-18(22-9-15)23-10-14-4-1-5-17(16(14)11-23)24-12-13-3-2-6-20-7-13/h2-3,6-9,14,16-17H,1,4-5,10-12H2/t14-,16+,17?/m1/s1. The molecule has 0 amide bonds. The van der Waals surface area contributed by atoms with Gasteiger partial charge in [0.05, 0.1) is 25.1 Å². The summed E-state index contributed by atoms with van der Waals surface area (Å²) in [5.74, 6) is 1.32. The Bertz CT molecular complexity index is 666. The van der Waals surface area contributed by atoms with Gasteiger partial charge in [0.25, 0.3) is 0 Å². The predicted octanol–water partition coefficient (Wildman–Crippen LogP) is 2.83. The summed E-state index contributed by atoms with van der Waals surface area (Å²) >= 11 is 0. The first-order chi connectivity index (χ1) is 11.8. The monoisotopic (exact) mass is 328 g/mol. The number of rotatable bonds is 4. The van der Waals surface area contributed by atoms with Crippen LogP contribution in [-0.2, 0) is 11.3 Å². The number of ether oxygens (including phenoxy) is 1. The average Bonchev–Trinajstić information content (AvgIpc) is 3.06. The van der Waals surface area contributed by atoms with E-state index in [1.165, 1.54) is 25.2 Å². The van der Waals surface area contributed by atoms with Gasteiger partial charge in [0.2, 0.25) is 5.95 Å². The van der Waals surface area contributed by atoms with Crippen molar-refractivity contribution in [2.45, 2.75) is 32.0 Å². The lowest BCUT2D eigenvalue weighted by Gasteiger charge is -2.32. The van der Waals surface area contributed by atoms with E-state index in [-0.39, 0.29) is 6.10 Å². The SMILES string of the molecule is Fc1cnc(N2C[C@H]3CCCC(OCc4cccnc4)[C@H]3C2)nc1. The van der Waals surface area contributed by atoms with Crippen molar-refractivity contribution in [3.63, 3.8) is 0 Å². The molecular weight excluding hydrogens is 307 g/mol. The first-order valence-electron chi connectivity index (χ1n) is 8.52. The molecule has 1 aliphatic heterocycles. The van der Waals surface area contributed by atoms with Crippen LogP contribution in [0, 0.1) is 17.7 Å². The summed E-state index contributed by atoms with van der Waals surface area (Å²) in [6.07, 6.45) is 9.87. The van der Waals surface area contributed by atoms with E-state index in [1.54, 1.807) is 6.20 Å². The first kappa shape index (κ1) is 15.4. The van der Waals surface area contributed by atoms with E-state index in [0.29, 0.717) is 24.4 Å². The second kappa shape index (κ2) is 6.81. The zero-order valence-electron chi connectivity index (χ0n) is 13.5. The van der Waals surface area contributed by atoms with Gasteiger partial charge in [-0.05, 0) is 30.4 Å². The highest BCUT2D eigenvalue weighted by atomic mass is 19.1. The van der Waals surface area contributed by atoms with Gasteiger partial charge in [0, 0.05) is 31.4 Å². The van der Waals surface area contributed by atoms with E-state index >= 15 is 0 Å². The molecule has 126 valence electrons. The van der Waals surface area contributed by atoms with Gasteiger partial charge in [-0.25, -0.2) is 14.4 Å². The molecule has 3 heterocycles. The van der Waals surface area contributed by atoms with E-state index in [9.17, 15) is 4.39 Å². The summed E-state index contributed by atoms with van der Waals surface area (Å²) < 4.78 is 19.2. The summed E-state index contributed by atoms with van der Waals surface area (Å²) in [5, 5.41) is 0. The van der Waals surface area contributed by atoms with Gasteiger partial charge < -0.3 is 9.64 Å². The van der Waals surface area contributed by atoms with Crippen molar-refractivity contribution < 1.29 is 9.13 Å². The maximum atomic E-state index is 13.0. The summed E-state index contributed by atoms with van der Waals surface area (Å²) in [7, 11) is 0. The molecule has 5 nitrogen and oxygen atoms in total. The lowest BCUT2D eigenvalue weighted by atomic mass is 9.79. The minimum absolute atomic E-state index is 0.259. The third kappa shape index (κ3) is 3.24. The summed E-state index contributed by atoms with van der Waals surface area (Å²) in [4.78, 5) is 14.6. The first-order valence-corrected chi connectivity index (χ1v) is 8.52. The molecule has 6 heteroatoms. The largest absolute Gasteiger partial charge is 0.373 e. The molecule has 2 aromatic rings. The molecule has 4 rings (SSSR count). The van der Waals surface area contributed by atoms with Crippen molar-refractivity contribution in [3.8, 4) is 0 Å². The van der Waals surface area contributed by atoms with Crippen LogP contribution in [0.3, 0.4) is 0 Å². The third-order valence-electron chi connectivity index (χ3n) is 5.11. The fourth-order valence-electron chi connectivity index (χ4n) is 3.94. The summed E-state index contributed by atoms with van der Waals surface area (Å²) in [5.41, 5.74) is 1.11. The molecule has 0 aromatic carbocycles. The van der Waals surface area contributed by atoms with E-state index in [0.717, 1.165) is 25.1 Å². The maximum absolute atomic E-state index is 13.0. The molecule has 0 bridgehead atoms. The Hall–Kier alpha value is -2.08. The number of aromatic nitrogens is 3. The highest BCUT2D eigenvalue weighted by molar-refractivity contribution is 5.31. The van der Waals surface area contributed by atoms with Crippen LogP contribution in [0.5, 0.6) is 0 Å². The molecule has 3 atom stereocenters. The number of hydrogen-bond acceptors (Lipinski definition) is 5. The number of hydrogen-bond donors (Lipinski definition) is 0. The lowest BCUT2D eigenvalue weighted by Crippen LogP contribution is -2.34. The Balaban J connectivity index is 1.41. The van der Waals surface area contributed by atoms with Gasteiger partial charge in [0.1, 0.15) is 0 Å². The predicted molar refractivity (Wildman–Crippen MR) is 87.8 cm³/mol. The van der Waals surface area contributed by atoms with Crippen molar-refractivity contribution in [3.05, 3.63) is 48.3 Å². The molecule has 0 radical (unpaired) electrons. The molecular formula is C18H21FN4O. The molecule has 2 aliphatic rings. The molecule has 2 fully saturated rings. The topological polar surface area (TPSA) is 51.1 Å². The molecule has 24 heavy (non-hydrogen) atoms. The Morgan fingerprint density at radius 3 is 2.83 bits per heavy atom. The van der Waals surface area contributed by atoms with Crippen LogP contribution in [0.2, 0.25) is 0 Å². The minimum Gasteiger partial charge on any atom is -0.373 e. The Kier molecular flexibility index (Phi) is 4.38. The fraction of sp³-hybridized carbons (Fsp3) is 0.500. The van der Waals surface area contributed by atoms with Crippen LogP contribution in [-0.4, -0.2) is 34.1 Å². The quantitative estimate of drug-likeness (QED) is 0.864. The molecule has 0 spiro atoms. The van der Waals surface area contributed by atoms with Crippen LogP contribution >= 0.6 is 0 Å². The van der Waals surface area contributed by atoms with Crippen LogP contribution in [0.15, 0.2) is 36.9 Å². The number of fused-ring (bicyclic) bond motifs is 1. The second-order valence-electron chi connectivity index (χ2n) is 6.67. The average molecular weight is 328 g/mol. The maximum Gasteiger partial charge on any atom is 0.225 e. The summed E-state index contributed by atoms with van der Waals surface area (Å²) in [6.45, 7) is 2.42. The molecule has 2 aromatic heterocycles. The lowest BCUT2D eigenvalue weighted by molar-refractivity contribution is -0.0283. The van der Waals surface area contributed by atoms with Crippen molar-refractivity contribution in [2.75, 3.05) is 18.0 Å². The van der Waals surface area contributed by atoms with Crippen molar-refractivity contribution in [1.29, 1.82) is 0 Å². The molecule has 1 saturated carbocycles. The number of anilines is 1. The van der Waals surface area contributed by atoms with E-state index in [4.69, 9.17) is 4.74 Å². The van der Waals surface area contributed by atoms with E-state index < -0.39 is 5.82 Å². The fourth-order valence-corrected chi connectivity index (χ4v) is 3.94. The molecule has 0 N–H and O–H groups in total.